The second-order valence-electron chi connectivity index (χ2n) is 3.38. The lowest BCUT2D eigenvalue weighted by Gasteiger charge is -2.13. The fourth-order valence-electron chi connectivity index (χ4n) is 0.772. The highest BCUT2D eigenvalue weighted by atomic mass is 32.1. The zero-order valence-corrected chi connectivity index (χ0v) is 7.97. The van der Waals surface area contributed by atoms with Crippen LogP contribution >= 0.6 is 11.5 Å². The summed E-state index contributed by atoms with van der Waals surface area (Å²) < 4.78 is 3.73. The zero-order chi connectivity index (χ0) is 9.19. The second-order valence-corrected chi connectivity index (χ2v) is 4.11. The van der Waals surface area contributed by atoms with Gasteiger partial charge < -0.3 is 0 Å². The van der Waals surface area contributed by atoms with Gasteiger partial charge in [0.05, 0.1) is 0 Å². The maximum Gasteiger partial charge on any atom is 0.241 e. The maximum atomic E-state index is 10.0. The predicted octanol–water partition coefficient (Wildman–Crippen LogP) is 1.80. The van der Waals surface area contributed by atoms with Crippen LogP contribution in [0.4, 0.5) is 5.00 Å². The number of carbonyl (C=O) groups excluding carboxylic acids is 1. The molecule has 0 N–H and O–H groups in total. The molecule has 0 unspecified atom stereocenters. The topological polar surface area (TPSA) is 55.2 Å². The SMILES string of the molecule is CC(C)(C)c1nnsc1N=C=O. The van der Waals surface area contributed by atoms with Gasteiger partial charge in [0, 0.05) is 16.9 Å². The van der Waals surface area contributed by atoms with Crippen LogP contribution in [0.3, 0.4) is 0 Å². The van der Waals surface area contributed by atoms with Crippen LogP contribution in [0.1, 0.15) is 26.5 Å². The summed E-state index contributed by atoms with van der Waals surface area (Å²) in [5.74, 6) is 0. The number of hydrogen-bond donors (Lipinski definition) is 0. The Balaban J connectivity index is 3.16. The zero-order valence-electron chi connectivity index (χ0n) is 7.16. The Hall–Kier alpha value is -1.06. The van der Waals surface area contributed by atoms with Gasteiger partial charge in [-0.25, -0.2) is 4.79 Å². The van der Waals surface area contributed by atoms with E-state index in [0.717, 1.165) is 17.2 Å². The van der Waals surface area contributed by atoms with E-state index in [2.05, 4.69) is 14.6 Å². The first-order chi connectivity index (χ1) is 5.55. The van der Waals surface area contributed by atoms with Crippen LogP contribution in [0.25, 0.3) is 0 Å². The summed E-state index contributed by atoms with van der Waals surface area (Å²) in [6.07, 6.45) is 1.49. The van der Waals surface area contributed by atoms with Crippen molar-refractivity contribution in [3.63, 3.8) is 0 Å². The Morgan fingerprint density at radius 2 is 2.17 bits per heavy atom. The number of aromatic nitrogens is 2. The van der Waals surface area contributed by atoms with Crippen molar-refractivity contribution in [3.05, 3.63) is 5.69 Å². The normalized spacial score (nSPS) is 10.9. The number of nitrogens with zero attached hydrogens (tertiary/aromatic N) is 3. The minimum absolute atomic E-state index is 0.122. The van der Waals surface area contributed by atoms with Gasteiger partial charge in [-0.3, -0.25) is 0 Å². The summed E-state index contributed by atoms with van der Waals surface area (Å²) in [6.45, 7) is 5.98. The largest absolute Gasteiger partial charge is 0.241 e. The molecule has 1 heterocycles. The third-order valence-corrected chi connectivity index (χ3v) is 1.95. The van der Waals surface area contributed by atoms with Crippen molar-refractivity contribution in [3.8, 4) is 0 Å². The third-order valence-electron chi connectivity index (χ3n) is 1.33. The average molecular weight is 183 g/mol. The van der Waals surface area contributed by atoms with E-state index in [1.165, 1.54) is 6.08 Å². The van der Waals surface area contributed by atoms with Gasteiger partial charge in [0.1, 0.15) is 5.69 Å². The quantitative estimate of drug-likeness (QED) is 0.492. The standard InChI is InChI=1S/C7H9N3OS/c1-7(2,3)5-6(8-4-11)12-10-9-5/h1-3H3. The van der Waals surface area contributed by atoms with Crippen molar-refractivity contribution >= 4 is 22.6 Å². The molecular formula is C7H9N3OS. The third kappa shape index (κ3) is 1.75. The monoisotopic (exact) mass is 183 g/mol. The van der Waals surface area contributed by atoms with Gasteiger partial charge in [-0.15, -0.1) is 5.10 Å². The van der Waals surface area contributed by atoms with Gasteiger partial charge in [-0.05, 0) is 0 Å². The molecule has 0 aliphatic heterocycles. The van der Waals surface area contributed by atoms with E-state index in [1.54, 1.807) is 0 Å². The van der Waals surface area contributed by atoms with Crippen LogP contribution in [0.2, 0.25) is 0 Å². The molecule has 0 amide bonds. The van der Waals surface area contributed by atoms with Crippen LogP contribution < -0.4 is 0 Å². The summed E-state index contributed by atoms with van der Waals surface area (Å²) in [7, 11) is 0. The molecule has 0 saturated heterocycles. The molecule has 0 aliphatic carbocycles. The molecule has 1 aromatic heterocycles. The minimum Gasteiger partial charge on any atom is -0.211 e. The molecule has 12 heavy (non-hydrogen) atoms. The Bertz CT molecular complexity index is 320. The highest BCUT2D eigenvalue weighted by molar-refractivity contribution is 7.09. The molecule has 0 bridgehead atoms. The van der Waals surface area contributed by atoms with Crippen LogP contribution in [0, 0.1) is 0 Å². The van der Waals surface area contributed by atoms with Crippen molar-refractivity contribution in [2.45, 2.75) is 26.2 Å². The summed E-state index contributed by atoms with van der Waals surface area (Å²) in [6, 6.07) is 0. The number of hydrogen-bond acceptors (Lipinski definition) is 5. The van der Waals surface area contributed by atoms with E-state index in [1.807, 2.05) is 20.8 Å². The van der Waals surface area contributed by atoms with Gasteiger partial charge >= 0.3 is 0 Å². The van der Waals surface area contributed by atoms with Crippen molar-refractivity contribution in [1.29, 1.82) is 0 Å². The first-order valence-corrected chi connectivity index (χ1v) is 4.24. The molecule has 0 aliphatic rings. The Morgan fingerprint density at radius 1 is 1.50 bits per heavy atom. The Kier molecular flexibility index (Phi) is 2.35. The molecular weight excluding hydrogens is 174 g/mol. The van der Waals surface area contributed by atoms with Crippen LogP contribution in [0.15, 0.2) is 4.99 Å². The molecule has 0 aromatic carbocycles. The van der Waals surface area contributed by atoms with Crippen molar-refractivity contribution in [2.24, 2.45) is 4.99 Å². The first kappa shape index (κ1) is 9.03. The lowest BCUT2D eigenvalue weighted by atomic mass is 9.93. The number of rotatable bonds is 1. The van der Waals surface area contributed by atoms with E-state index in [9.17, 15) is 4.79 Å². The van der Waals surface area contributed by atoms with E-state index >= 15 is 0 Å². The molecule has 4 nitrogen and oxygen atoms in total. The molecule has 0 spiro atoms. The highest BCUT2D eigenvalue weighted by Gasteiger charge is 2.21. The van der Waals surface area contributed by atoms with Crippen molar-refractivity contribution < 1.29 is 4.79 Å². The lowest BCUT2D eigenvalue weighted by Crippen LogP contribution is -2.11. The number of aliphatic imine (C=N–C) groups is 1. The molecule has 5 heteroatoms. The fourth-order valence-corrected chi connectivity index (χ4v) is 1.48. The molecule has 1 rings (SSSR count). The highest BCUT2D eigenvalue weighted by Crippen LogP contribution is 2.31. The first-order valence-electron chi connectivity index (χ1n) is 3.46. The van der Waals surface area contributed by atoms with Gasteiger partial charge in [0.15, 0.2) is 5.00 Å². The van der Waals surface area contributed by atoms with Crippen LogP contribution in [0.5, 0.6) is 0 Å². The molecule has 1 aromatic rings. The van der Waals surface area contributed by atoms with Gasteiger partial charge in [0.25, 0.3) is 0 Å². The predicted molar refractivity (Wildman–Crippen MR) is 46.4 cm³/mol. The van der Waals surface area contributed by atoms with E-state index in [0.29, 0.717) is 5.00 Å². The average Bonchev–Trinajstić information content (AvgIpc) is 2.34. The molecule has 0 fully saturated rings. The van der Waals surface area contributed by atoms with E-state index < -0.39 is 0 Å². The summed E-state index contributed by atoms with van der Waals surface area (Å²) in [5, 5.41) is 4.46. The van der Waals surface area contributed by atoms with E-state index in [-0.39, 0.29) is 5.41 Å². The smallest absolute Gasteiger partial charge is 0.211 e. The second kappa shape index (κ2) is 3.13. The van der Waals surface area contributed by atoms with Crippen molar-refractivity contribution in [1.82, 2.24) is 9.59 Å². The number of isocyanates is 1. The summed E-state index contributed by atoms with van der Waals surface area (Å²) >= 11 is 1.11. The Morgan fingerprint density at radius 3 is 2.67 bits per heavy atom. The molecule has 64 valence electrons. The van der Waals surface area contributed by atoms with E-state index in [4.69, 9.17) is 0 Å². The fraction of sp³-hybridized carbons (Fsp3) is 0.571. The minimum atomic E-state index is -0.122. The van der Waals surface area contributed by atoms with Gasteiger partial charge in [-0.1, -0.05) is 25.3 Å². The molecule has 0 radical (unpaired) electrons. The van der Waals surface area contributed by atoms with Crippen LogP contribution in [-0.4, -0.2) is 15.7 Å². The van der Waals surface area contributed by atoms with Crippen molar-refractivity contribution in [2.75, 3.05) is 0 Å². The Labute approximate surface area is 74.5 Å². The summed E-state index contributed by atoms with van der Waals surface area (Å²) in [4.78, 5) is 13.5. The molecule has 0 saturated carbocycles. The maximum absolute atomic E-state index is 10.0. The molecule has 0 atom stereocenters. The van der Waals surface area contributed by atoms with Gasteiger partial charge in [-0.2, -0.15) is 4.99 Å². The summed E-state index contributed by atoms with van der Waals surface area (Å²) in [5.41, 5.74) is 0.624. The van der Waals surface area contributed by atoms with Crippen LogP contribution in [-0.2, 0) is 10.2 Å². The lowest BCUT2D eigenvalue weighted by molar-refractivity contribution is 0.561. The van der Waals surface area contributed by atoms with Gasteiger partial charge in [0.2, 0.25) is 6.08 Å².